The van der Waals surface area contributed by atoms with Gasteiger partial charge in [0.05, 0.1) is 0 Å². The number of benzene rings is 13. The monoisotopic (exact) mass is 920 g/mol. The lowest BCUT2D eigenvalue weighted by Crippen LogP contribution is -2.13. The van der Waals surface area contributed by atoms with Crippen molar-refractivity contribution in [2.75, 3.05) is 9.80 Å². The van der Waals surface area contributed by atoms with Gasteiger partial charge >= 0.3 is 0 Å². The Morgan fingerprint density at radius 2 is 0.556 bits per heavy atom. The van der Waals surface area contributed by atoms with Crippen molar-refractivity contribution in [3.8, 4) is 22.3 Å². The third-order valence-electron chi connectivity index (χ3n) is 14.7. The minimum absolute atomic E-state index is 0.0278. The number of hydrogen-bond acceptors (Lipinski definition) is 2. The lowest BCUT2D eigenvalue weighted by molar-refractivity contribution is 0.590. The second-order valence-corrected chi connectivity index (χ2v) is 20.1. The lowest BCUT2D eigenvalue weighted by Gasteiger charge is -2.29. The standard InChI is InChI=1S/C70H52N2/c1-70(2,3)49-35-37-53(38-36-49)72(52-27-11-6-12-28-52)55-40-42-63-67(46-55)69(65-44-48-22-14-16-30-57(48)59-32-18-20-34-61(59)65)62-41-39-54(71(50-23-7-4-8-24-50)51-25-9-5-10-26-51)45-66(62)68(63)64-43-47-21-13-15-29-56(47)58-31-17-19-33-60(58)64/h4-46H,1-3H3. The largest absolute Gasteiger partial charge is 0.310 e. The molecular formula is C70H52N2. The maximum atomic E-state index is 2.47. The molecule has 0 aliphatic heterocycles. The van der Waals surface area contributed by atoms with Gasteiger partial charge in [-0.1, -0.05) is 197 Å². The molecule has 0 saturated carbocycles. The second kappa shape index (κ2) is 17.5. The number of rotatable bonds is 8. The average molecular weight is 921 g/mol. The van der Waals surface area contributed by atoms with Crippen LogP contribution in [0.2, 0.25) is 0 Å². The van der Waals surface area contributed by atoms with E-state index in [9.17, 15) is 0 Å². The SMILES string of the molecule is CC(C)(C)c1ccc(N(c2ccccc2)c2ccc3c(-c4cc5ccccc5c5ccccc45)c4cc(N(c5ccccc5)c5ccccc5)ccc4c(-c4cc5ccccc5c5ccccc45)c3c2)cc1. The highest BCUT2D eigenvalue weighted by Crippen LogP contribution is 2.51. The van der Waals surface area contributed by atoms with Crippen molar-refractivity contribution in [1.29, 1.82) is 0 Å². The van der Waals surface area contributed by atoms with E-state index in [-0.39, 0.29) is 5.41 Å². The van der Waals surface area contributed by atoms with Gasteiger partial charge in [0.15, 0.2) is 0 Å². The van der Waals surface area contributed by atoms with E-state index in [4.69, 9.17) is 0 Å². The van der Waals surface area contributed by atoms with Crippen molar-refractivity contribution in [3.05, 3.63) is 266 Å². The molecule has 0 spiro atoms. The molecule has 0 unspecified atom stereocenters. The number of anilines is 6. The van der Waals surface area contributed by atoms with Crippen molar-refractivity contribution >= 4 is 98.8 Å². The molecule has 0 atom stereocenters. The molecule has 13 aromatic carbocycles. The summed E-state index contributed by atoms with van der Waals surface area (Å²) in [6.45, 7) is 6.84. The normalized spacial score (nSPS) is 11.8. The molecule has 0 aliphatic rings. The summed E-state index contributed by atoms with van der Waals surface area (Å²) in [5, 5.41) is 14.6. The molecule has 72 heavy (non-hydrogen) atoms. The van der Waals surface area contributed by atoms with E-state index in [0.717, 1.165) is 34.1 Å². The van der Waals surface area contributed by atoms with Gasteiger partial charge in [0.2, 0.25) is 0 Å². The Balaban J connectivity index is 1.21. The van der Waals surface area contributed by atoms with E-state index in [1.807, 2.05) is 0 Å². The molecule has 0 saturated heterocycles. The molecule has 0 fully saturated rings. The molecular weight excluding hydrogens is 869 g/mol. The number of fused-ring (bicyclic) bond motifs is 8. The quantitative estimate of drug-likeness (QED) is 0.111. The summed E-state index contributed by atoms with van der Waals surface area (Å²) >= 11 is 0. The van der Waals surface area contributed by atoms with Gasteiger partial charge in [-0.3, -0.25) is 0 Å². The van der Waals surface area contributed by atoms with Gasteiger partial charge in [0, 0.05) is 34.1 Å². The fraction of sp³-hybridized carbons (Fsp3) is 0.0571. The van der Waals surface area contributed by atoms with E-state index in [1.54, 1.807) is 0 Å². The molecule has 0 N–H and O–H groups in total. The summed E-state index contributed by atoms with van der Waals surface area (Å²) in [6.07, 6.45) is 0. The van der Waals surface area contributed by atoms with Gasteiger partial charge in [-0.05, 0) is 183 Å². The minimum Gasteiger partial charge on any atom is -0.310 e. The van der Waals surface area contributed by atoms with Crippen LogP contribution in [0.25, 0.3) is 86.9 Å². The van der Waals surface area contributed by atoms with Gasteiger partial charge < -0.3 is 9.80 Å². The number of hydrogen-bond donors (Lipinski definition) is 0. The van der Waals surface area contributed by atoms with Crippen LogP contribution in [0.3, 0.4) is 0 Å². The molecule has 13 aromatic rings. The molecule has 0 radical (unpaired) electrons. The topological polar surface area (TPSA) is 6.48 Å². The van der Waals surface area contributed by atoms with Crippen LogP contribution < -0.4 is 9.80 Å². The van der Waals surface area contributed by atoms with Gasteiger partial charge in [-0.2, -0.15) is 0 Å². The first kappa shape index (κ1) is 43.1. The van der Waals surface area contributed by atoms with E-state index in [0.29, 0.717) is 0 Å². The third kappa shape index (κ3) is 7.34. The zero-order valence-corrected chi connectivity index (χ0v) is 40.7. The average Bonchev–Trinajstić information content (AvgIpc) is 3.43. The van der Waals surface area contributed by atoms with E-state index < -0.39 is 0 Å². The highest BCUT2D eigenvalue weighted by molar-refractivity contribution is 6.29. The highest BCUT2D eigenvalue weighted by Gasteiger charge is 2.25. The molecule has 0 aromatic heterocycles. The molecule has 342 valence electrons. The van der Waals surface area contributed by atoms with Crippen LogP contribution in [0.4, 0.5) is 34.1 Å². The zero-order chi connectivity index (χ0) is 48.3. The van der Waals surface area contributed by atoms with Crippen molar-refractivity contribution in [1.82, 2.24) is 0 Å². The fourth-order valence-electron chi connectivity index (χ4n) is 11.3. The Bertz CT molecular complexity index is 4130. The molecule has 2 heteroatoms. The van der Waals surface area contributed by atoms with Gasteiger partial charge in [0.25, 0.3) is 0 Å². The van der Waals surface area contributed by atoms with Crippen LogP contribution in [0.15, 0.2) is 261 Å². The van der Waals surface area contributed by atoms with Crippen LogP contribution >= 0.6 is 0 Å². The third-order valence-corrected chi connectivity index (χ3v) is 14.7. The molecule has 0 amide bonds. The first-order valence-electron chi connectivity index (χ1n) is 25.1. The smallest absolute Gasteiger partial charge is 0.0468 e. The van der Waals surface area contributed by atoms with Crippen molar-refractivity contribution < 1.29 is 0 Å². The first-order chi connectivity index (χ1) is 35.4. The highest BCUT2D eigenvalue weighted by atomic mass is 15.1. The van der Waals surface area contributed by atoms with E-state index in [1.165, 1.54) is 92.5 Å². The predicted octanol–water partition coefficient (Wildman–Crippen LogP) is 20.2. The lowest BCUT2D eigenvalue weighted by atomic mass is 9.82. The summed E-state index contributed by atoms with van der Waals surface area (Å²) in [7, 11) is 0. The summed E-state index contributed by atoms with van der Waals surface area (Å²) in [5.74, 6) is 0. The summed E-state index contributed by atoms with van der Waals surface area (Å²) in [5.41, 5.74) is 12.8. The van der Waals surface area contributed by atoms with Gasteiger partial charge in [0.1, 0.15) is 0 Å². The van der Waals surface area contributed by atoms with Crippen LogP contribution in [-0.4, -0.2) is 0 Å². The van der Waals surface area contributed by atoms with Crippen LogP contribution in [0, 0.1) is 0 Å². The predicted molar refractivity (Wildman–Crippen MR) is 310 cm³/mol. The molecule has 0 aliphatic carbocycles. The Morgan fingerprint density at radius 1 is 0.236 bits per heavy atom. The maximum absolute atomic E-state index is 2.47. The molecule has 13 rings (SSSR count). The Morgan fingerprint density at radius 3 is 0.944 bits per heavy atom. The van der Waals surface area contributed by atoms with E-state index in [2.05, 4.69) is 291 Å². The Labute approximate surface area is 421 Å². The van der Waals surface area contributed by atoms with Gasteiger partial charge in [-0.15, -0.1) is 0 Å². The van der Waals surface area contributed by atoms with Crippen molar-refractivity contribution in [2.45, 2.75) is 26.2 Å². The molecule has 0 heterocycles. The maximum Gasteiger partial charge on any atom is 0.0468 e. The summed E-state index contributed by atoms with van der Waals surface area (Å²) in [6, 6.07) is 96.5. The number of nitrogens with zero attached hydrogens (tertiary/aromatic N) is 2. The van der Waals surface area contributed by atoms with Crippen LogP contribution in [-0.2, 0) is 5.41 Å². The summed E-state index contributed by atoms with van der Waals surface area (Å²) in [4.78, 5) is 4.81. The molecule has 0 bridgehead atoms. The zero-order valence-electron chi connectivity index (χ0n) is 40.7. The summed E-state index contributed by atoms with van der Waals surface area (Å²) < 4.78 is 0. The second-order valence-electron chi connectivity index (χ2n) is 20.1. The Kier molecular flexibility index (Phi) is 10.4. The van der Waals surface area contributed by atoms with E-state index >= 15 is 0 Å². The van der Waals surface area contributed by atoms with Crippen molar-refractivity contribution in [3.63, 3.8) is 0 Å². The van der Waals surface area contributed by atoms with Gasteiger partial charge in [-0.25, -0.2) is 0 Å². The fourth-order valence-corrected chi connectivity index (χ4v) is 11.3. The van der Waals surface area contributed by atoms with Crippen LogP contribution in [0.1, 0.15) is 26.3 Å². The number of para-hydroxylation sites is 3. The first-order valence-corrected chi connectivity index (χ1v) is 25.1. The molecule has 2 nitrogen and oxygen atoms in total. The van der Waals surface area contributed by atoms with Crippen molar-refractivity contribution in [2.24, 2.45) is 0 Å². The van der Waals surface area contributed by atoms with Crippen LogP contribution in [0.5, 0.6) is 0 Å². The minimum atomic E-state index is 0.0278. The Hall–Kier alpha value is -8.98.